The molecule has 166 valence electrons. The Hall–Kier alpha value is -1.46. The number of thioether (sulfide) groups is 1. The molecule has 3 amide bonds. The van der Waals surface area contributed by atoms with Crippen LogP contribution in [0, 0.1) is 5.92 Å². The first kappa shape index (κ1) is 25.6. The summed E-state index contributed by atoms with van der Waals surface area (Å²) < 4.78 is 0. The Balaban J connectivity index is 2.72. The zero-order chi connectivity index (χ0) is 22.0. The Morgan fingerprint density at radius 2 is 1.79 bits per heavy atom. The number of hydrogen-bond acceptors (Lipinski definition) is 7. The molecule has 0 aromatic rings. The van der Waals surface area contributed by atoms with E-state index in [1.807, 2.05) is 6.26 Å². The molecular weight excluding hydrogens is 416 g/mol. The van der Waals surface area contributed by atoms with Gasteiger partial charge in [0, 0.05) is 5.75 Å². The molecule has 4 unspecified atom stereocenters. The average molecular weight is 449 g/mol. The molecule has 1 rings (SSSR count). The molecule has 4 atom stereocenters. The third kappa shape index (κ3) is 8.43. The van der Waals surface area contributed by atoms with E-state index in [0.717, 1.165) is 13.0 Å². The third-order valence-electron chi connectivity index (χ3n) is 4.66. The Morgan fingerprint density at radius 3 is 2.28 bits per heavy atom. The fraction of sp³-hybridized carbons (Fsp3) is 0.778. The third-order valence-corrected chi connectivity index (χ3v) is 5.67. The summed E-state index contributed by atoms with van der Waals surface area (Å²) in [6, 6.07) is -3.18. The summed E-state index contributed by atoms with van der Waals surface area (Å²) in [5.41, 5.74) is 0. The first-order valence-corrected chi connectivity index (χ1v) is 11.7. The SMILES string of the molecule is CSCCC(NC(=O)C(CS)NC(=O)C(NC(=O)C1CCCN1)C(C)C)C(=O)O. The van der Waals surface area contributed by atoms with Crippen LogP contribution in [-0.4, -0.2) is 77.3 Å². The lowest BCUT2D eigenvalue weighted by atomic mass is 10.0. The summed E-state index contributed by atoms with van der Waals surface area (Å²) in [5, 5.41) is 20.1. The zero-order valence-electron chi connectivity index (χ0n) is 17.1. The Morgan fingerprint density at radius 1 is 1.14 bits per heavy atom. The van der Waals surface area contributed by atoms with E-state index >= 15 is 0 Å². The molecule has 0 aromatic heterocycles. The predicted molar refractivity (Wildman–Crippen MR) is 116 cm³/mol. The number of hydrogen-bond donors (Lipinski definition) is 6. The average Bonchev–Trinajstić information content (AvgIpc) is 3.21. The quantitative estimate of drug-likeness (QED) is 0.224. The van der Waals surface area contributed by atoms with Gasteiger partial charge in [-0.3, -0.25) is 14.4 Å². The van der Waals surface area contributed by atoms with E-state index < -0.39 is 35.9 Å². The molecular formula is C18H32N4O5S2. The second-order valence-corrected chi connectivity index (χ2v) is 8.65. The number of amides is 3. The molecule has 11 heteroatoms. The van der Waals surface area contributed by atoms with Gasteiger partial charge in [-0.15, -0.1) is 0 Å². The number of rotatable bonds is 12. The zero-order valence-corrected chi connectivity index (χ0v) is 18.8. The van der Waals surface area contributed by atoms with Gasteiger partial charge in [-0.25, -0.2) is 4.79 Å². The minimum absolute atomic E-state index is 0.00458. The minimum Gasteiger partial charge on any atom is -0.480 e. The van der Waals surface area contributed by atoms with Crippen molar-refractivity contribution in [3.8, 4) is 0 Å². The molecule has 0 radical (unpaired) electrons. The van der Waals surface area contributed by atoms with Crippen LogP contribution in [0.2, 0.25) is 0 Å². The summed E-state index contributed by atoms with van der Waals surface area (Å²) in [5.74, 6) is -2.12. The van der Waals surface area contributed by atoms with E-state index in [9.17, 15) is 24.3 Å². The van der Waals surface area contributed by atoms with Crippen molar-refractivity contribution in [3.05, 3.63) is 0 Å². The van der Waals surface area contributed by atoms with Crippen molar-refractivity contribution in [2.45, 2.75) is 57.3 Å². The van der Waals surface area contributed by atoms with Crippen molar-refractivity contribution >= 4 is 48.1 Å². The van der Waals surface area contributed by atoms with Gasteiger partial charge in [-0.05, 0) is 43.7 Å². The topological polar surface area (TPSA) is 137 Å². The number of carboxylic acid groups (broad SMARTS) is 1. The van der Waals surface area contributed by atoms with Gasteiger partial charge in [0.15, 0.2) is 0 Å². The fourth-order valence-corrected chi connectivity index (χ4v) is 3.65. The molecule has 1 aliphatic heterocycles. The van der Waals surface area contributed by atoms with E-state index in [2.05, 4.69) is 33.9 Å². The molecule has 0 spiro atoms. The molecule has 0 aliphatic carbocycles. The normalized spacial score (nSPS) is 19.3. The van der Waals surface area contributed by atoms with Crippen molar-refractivity contribution in [2.24, 2.45) is 5.92 Å². The van der Waals surface area contributed by atoms with Crippen molar-refractivity contribution in [3.63, 3.8) is 0 Å². The molecule has 0 bridgehead atoms. The maximum absolute atomic E-state index is 12.7. The first-order valence-electron chi connectivity index (χ1n) is 9.68. The van der Waals surface area contributed by atoms with E-state index in [1.165, 1.54) is 11.8 Å². The maximum Gasteiger partial charge on any atom is 0.326 e. The first-order chi connectivity index (χ1) is 13.7. The van der Waals surface area contributed by atoms with Crippen LogP contribution in [0.4, 0.5) is 0 Å². The number of thiol groups is 1. The van der Waals surface area contributed by atoms with E-state index in [1.54, 1.807) is 13.8 Å². The number of carboxylic acids is 1. The van der Waals surface area contributed by atoms with Crippen LogP contribution in [0.15, 0.2) is 0 Å². The molecule has 1 saturated heterocycles. The fourth-order valence-electron chi connectivity index (χ4n) is 2.92. The largest absolute Gasteiger partial charge is 0.480 e. The van der Waals surface area contributed by atoms with E-state index in [-0.39, 0.29) is 30.0 Å². The molecule has 0 saturated carbocycles. The summed E-state index contributed by atoms with van der Waals surface area (Å²) in [7, 11) is 0. The number of nitrogens with one attached hydrogen (secondary N) is 4. The van der Waals surface area contributed by atoms with Gasteiger partial charge in [0.2, 0.25) is 17.7 Å². The van der Waals surface area contributed by atoms with Crippen LogP contribution < -0.4 is 21.3 Å². The van der Waals surface area contributed by atoms with Gasteiger partial charge in [0.1, 0.15) is 18.1 Å². The van der Waals surface area contributed by atoms with Crippen molar-refractivity contribution in [2.75, 3.05) is 24.3 Å². The number of aliphatic carboxylic acids is 1. The number of carbonyl (C=O) groups excluding carboxylic acids is 3. The van der Waals surface area contributed by atoms with Gasteiger partial charge in [0.05, 0.1) is 6.04 Å². The van der Waals surface area contributed by atoms with Gasteiger partial charge in [-0.1, -0.05) is 13.8 Å². The van der Waals surface area contributed by atoms with Crippen LogP contribution in [0.1, 0.15) is 33.1 Å². The van der Waals surface area contributed by atoms with Crippen LogP contribution in [0.5, 0.6) is 0 Å². The van der Waals surface area contributed by atoms with Crippen molar-refractivity contribution < 1.29 is 24.3 Å². The van der Waals surface area contributed by atoms with Crippen molar-refractivity contribution in [1.29, 1.82) is 0 Å². The molecule has 0 aromatic carbocycles. The van der Waals surface area contributed by atoms with Gasteiger partial charge in [-0.2, -0.15) is 24.4 Å². The Kier molecular flexibility index (Phi) is 11.4. The predicted octanol–water partition coefficient (Wildman–Crippen LogP) is -0.384. The lowest BCUT2D eigenvalue weighted by molar-refractivity contribution is -0.142. The standard InChI is InChI=1S/C18H32N4O5S2/c1-10(2)14(22-15(23)11-5-4-7-19-11)17(25)21-13(9-28)16(24)20-12(18(26)27)6-8-29-3/h10-14,19,28H,4-9H2,1-3H3,(H,20,24)(H,21,25)(H,22,23)(H,26,27). The highest BCUT2D eigenvalue weighted by Crippen LogP contribution is 2.09. The highest BCUT2D eigenvalue weighted by atomic mass is 32.2. The van der Waals surface area contributed by atoms with Crippen LogP contribution in [-0.2, 0) is 19.2 Å². The summed E-state index contributed by atoms with van der Waals surface area (Å²) >= 11 is 5.59. The summed E-state index contributed by atoms with van der Waals surface area (Å²) in [4.78, 5) is 48.9. The van der Waals surface area contributed by atoms with Gasteiger partial charge >= 0.3 is 5.97 Å². The summed E-state index contributed by atoms with van der Waals surface area (Å²) in [6.45, 7) is 4.36. The maximum atomic E-state index is 12.7. The van der Waals surface area contributed by atoms with E-state index in [4.69, 9.17) is 0 Å². The highest BCUT2D eigenvalue weighted by Gasteiger charge is 2.32. The Bertz CT molecular complexity index is 585. The minimum atomic E-state index is -1.13. The number of carbonyl (C=O) groups is 4. The summed E-state index contributed by atoms with van der Waals surface area (Å²) in [6.07, 6.45) is 3.74. The van der Waals surface area contributed by atoms with Crippen LogP contribution in [0.25, 0.3) is 0 Å². The lowest BCUT2D eigenvalue weighted by Gasteiger charge is -2.26. The monoisotopic (exact) mass is 448 g/mol. The lowest BCUT2D eigenvalue weighted by Crippen LogP contribution is -2.58. The van der Waals surface area contributed by atoms with Crippen LogP contribution in [0.3, 0.4) is 0 Å². The molecule has 29 heavy (non-hydrogen) atoms. The van der Waals surface area contributed by atoms with E-state index in [0.29, 0.717) is 12.2 Å². The van der Waals surface area contributed by atoms with Crippen molar-refractivity contribution in [1.82, 2.24) is 21.3 Å². The molecule has 9 nitrogen and oxygen atoms in total. The second kappa shape index (κ2) is 13.0. The van der Waals surface area contributed by atoms with Gasteiger partial charge < -0.3 is 26.4 Å². The molecule has 1 aliphatic rings. The smallest absolute Gasteiger partial charge is 0.326 e. The highest BCUT2D eigenvalue weighted by molar-refractivity contribution is 7.98. The Labute approximate surface area is 181 Å². The molecule has 1 heterocycles. The molecule has 1 fully saturated rings. The van der Waals surface area contributed by atoms with Gasteiger partial charge in [0.25, 0.3) is 0 Å². The molecule has 5 N–H and O–H groups in total. The van der Waals surface area contributed by atoms with Crippen LogP contribution >= 0.6 is 24.4 Å². The second-order valence-electron chi connectivity index (χ2n) is 7.30.